The van der Waals surface area contributed by atoms with Crippen LogP contribution in [0.3, 0.4) is 0 Å². The molecular weight excluding hydrogens is 485 g/mol. The minimum absolute atomic E-state index is 0.181. The summed E-state index contributed by atoms with van der Waals surface area (Å²) < 4.78 is 45.3. The van der Waals surface area contributed by atoms with E-state index >= 15 is 0 Å². The van der Waals surface area contributed by atoms with Gasteiger partial charge < -0.3 is 20.3 Å². The Balaban J connectivity index is 1.94. The summed E-state index contributed by atoms with van der Waals surface area (Å²) in [4.78, 5) is 31.6. The zero-order valence-corrected chi connectivity index (χ0v) is 20.0. The van der Waals surface area contributed by atoms with Crippen molar-refractivity contribution in [1.82, 2.24) is 15.5 Å². The zero-order valence-electron chi connectivity index (χ0n) is 19.2. The van der Waals surface area contributed by atoms with Crippen LogP contribution in [-0.2, 0) is 6.18 Å². The van der Waals surface area contributed by atoms with Gasteiger partial charge in [0.2, 0.25) is 0 Å². The Morgan fingerprint density at radius 3 is 2.54 bits per heavy atom. The highest BCUT2D eigenvalue weighted by Crippen LogP contribution is 2.32. The van der Waals surface area contributed by atoms with Crippen LogP contribution in [0.5, 0.6) is 5.75 Å². The molecule has 1 aliphatic rings. The molecule has 2 N–H and O–H groups in total. The lowest BCUT2D eigenvalue weighted by Gasteiger charge is -2.35. The van der Waals surface area contributed by atoms with Crippen LogP contribution in [0.1, 0.15) is 32.7 Å². The first kappa shape index (κ1) is 26.1. The Hall–Kier alpha value is -3.53. The van der Waals surface area contributed by atoms with Gasteiger partial charge in [-0.25, -0.2) is 0 Å². The third kappa shape index (κ3) is 5.59. The van der Waals surface area contributed by atoms with Crippen molar-refractivity contribution < 1.29 is 27.5 Å². The third-order valence-corrected chi connectivity index (χ3v) is 5.80. The number of rotatable bonds is 6. The van der Waals surface area contributed by atoms with Gasteiger partial charge in [-0.1, -0.05) is 23.7 Å². The van der Waals surface area contributed by atoms with Crippen molar-refractivity contribution in [2.75, 3.05) is 27.7 Å². The number of amides is 2. The maximum absolute atomic E-state index is 13.4. The average Bonchev–Trinajstić information content (AvgIpc) is 2.83. The van der Waals surface area contributed by atoms with Crippen molar-refractivity contribution in [2.24, 2.45) is 4.99 Å². The van der Waals surface area contributed by atoms with E-state index in [9.17, 15) is 22.8 Å². The monoisotopic (exact) mass is 508 g/mol. The first-order valence-corrected chi connectivity index (χ1v) is 11.0. The van der Waals surface area contributed by atoms with Crippen LogP contribution < -0.4 is 15.4 Å². The summed E-state index contributed by atoms with van der Waals surface area (Å²) in [6.45, 7) is 0.181. The molecule has 3 rings (SSSR count). The van der Waals surface area contributed by atoms with Crippen LogP contribution in [0.25, 0.3) is 0 Å². The molecule has 11 heteroatoms. The van der Waals surface area contributed by atoms with Crippen LogP contribution >= 0.6 is 11.6 Å². The Morgan fingerprint density at radius 1 is 1.23 bits per heavy atom. The molecule has 2 aromatic carbocycles. The van der Waals surface area contributed by atoms with Crippen molar-refractivity contribution >= 4 is 29.6 Å². The van der Waals surface area contributed by atoms with E-state index in [1.54, 1.807) is 19.2 Å². The predicted molar refractivity (Wildman–Crippen MR) is 127 cm³/mol. The number of nitrogens with one attached hydrogen (secondary N) is 2. The molecule has 1 heterocycles. The van der Waals surface area contributed by atoms with E-state index in [1.807, 2.05) is 0 Å². The molecule has 0 saturated carbocycles. The number of carbonyl (C=O) groups is 2. The van der Waals surface area contributed by atoms with E-state index in [1.165, 1.54) is 43.5 Å². The molecule has 0 bridgehead atoms. The van der Waals surface area contributed by atoms with Gasteiger partial charge in [0.15, 0.2) is 0 Å². The number of hydrogen-bond donors (Lipinski definition) is 2. The maximum Gasteiger partial charge on any atom is 0.417 e. The average molecular weight is 509 g/mol. The van der Waals surface area contributed by atoms with Gasteiger partial charge in [-0.3, -0.25) is 14.6 Å². The molecule has 2 amide bonds. The number of carbonyl (C=O) groups excluding carboxylic acids is 2. The van der Waals surface area contributed by atoms with Crippen molar-refractivity contribution in [1.29, 1.82) is 0 Å². The third-order valence-electron chi connectivity index (χ3n) is 5.50. The van der Waals surface area contributed by atoms with E-state index in [-0.39, 0.29) is 23.9 Å². The van der Waals surface area contributed by atoms with E-state index in [4.69, 9.17) is 16.3 Å². The second kappa shape index (κ2) is 10.8. The summed E-state index contributed by atoms with van der Waals surface area (Å²) in [6, 6.07) is 8.56. The molecule has 35 heavy (non-hydrogen) atoms. The Labute approximate surface area is 205 Å². The molecule has 7 nitrogen and oxygen atoms in total. The largest absolute Gasteiger partial charge is 0.495 e. The van der Waals surface area contributed by atoms with Crippen LogP contribution in [0.4, 0.5) is 13.2 Å². The molecule has 0 aromatic heterocycles. The lowest BCUT2D eigenvalue weighted by Crippen LogP contribution is -2.49. The number of alkyl halides is 3. The van der Waals surface area contributed by atoms with Crippen molar-refractivity contribution in [2.45, 2.75) is 18.6 Å². The number of benzene rings is 2. The number of allylic oxidation sites excluding steroid dienone is 1. The lowest BCUT2D eigenvalue weighted by atomic mass is 9.99. The summed E-state index contributed by atoms with van der Waals surface area (Å²) >= 11 is 6.18. The fraction of sp³-hybridized carbons (Fsp3) is 0.292. The number of aliphatic imine (C=N–C) groups is 1. The van der Waals surface area contributed by atoms with Crippen molar-refractivity contribution in [3.63, 3.8) is 0 Å². The molecular formula is C24H24ClF3N4O3. The van der Waals surface area contributed by atoms with Gasteiger partial charge >= 0.3 is 6.18 Å². The van der Waals surface area contributed by atoms with E-state index in [2.05, 4.69) is 15.6 Å². The maximum atomic E-state index is 13.4. The molecule has 0 spiro atoms. The predicted octanol–water partition coefficient (Wildman–Crippen LogP) is 4.14. The first-order valence-electron chi connectivity index (χ1n) is 10.6. The van der Waals surface area contributed by atoms with Gasteiger partial charge in [0.25, 0.3) is 11.8 Å². The second-order valence-electron chi connectivity index (χ2n) is 7.60. The summed E-state index contributed by atoms with van der Waals surface area (Å²) in [5, 5.41) is 5.90. The highest BCUT2D eigenvalue weighted by atomic mass is 35.5. The Bertz CT molecular complexity index is 1180. The molecule has 0 aliphatic carbocycles. The molecule has 186 valence electrons. The first-order chi connectivity index (χ1) is 16.6. The van der Waals surface area contributed by atoms with Crippen molar-refractivity contribution in [3.8, 4) is 5.75 Å². The Morgan fingerprint density at radius 2 is 1.94 bits per heavy atom. The molecule has 1 atom stereocenters. The number of halogens is 4. The molecule has 0 saturated heterocycles. The molecule has 0 fully saturated rings. The number of nitrogens with zero attached hydrogens (tertiary/aromatic N) is 2. The van der Waals surface area contributed by atoms with E-state index in [0.717, 1.165) is 12.1 Å². The van der Waals surface area contributed by atoms with E-state index < -0.39 is 29.3 Å². The summed E-state index contributed by atoms with van der Waals surface area (Å²) in [5.74, 6) is -0.805. The van der Waals surface area contributed by atoms with Gasteiger partial charge in [-0.2, -0.15) is 13.2 Å². The quantitative estimate of drug-likeness (QED) is 0.574. The van der Waals surface area contributed by atoms with Crippen molar-refractivity contribution in [3.05, 3.63) is 75.6 Å². The van der Waals surface area contributed by atoms with Crippen LogP contribution in [0.2, 0.25) is 5.02 Å². The van der Waals surface area contributed by atoms with Gasteiger partial charge in [-0.05, 0) is 36.8 Å². The van der Waals surface area contributed by atoms with Crippen LogP contribution in [-0.4, -0.2) is 56.7 Å². The zero-order chi connectivity index (χ0) is 25.8. The summed E-state index contributed by atoms with van der Waals surface area (Å²) in [5.41, 5.74) is -0.366. The van der Waals surface area contributed by atoms with Gasteiger partial charge in [-0.15, -0.1) is 0 Å². The number of methoxy groups -OCH3 is 1. The molecule has 1 aliphatic heterocycles. The summed E-state index contributed by atoms with van der Waals surface area (Å²) in [6.07, 6.45) is -2.96. The number of likely N-dealkylation sites (N-methyl/N-ethyl adjacent to an activating group) is 1. The highest BCUT2D eigenvalue weighted by molar-refractivity contribution is 6.32. The topological polar surface area (TPSA) is 83.0 Å². The SMILES string of the molecule is CN=CC1=C(NC)C(NC(=O)c2ccccc2C(F)(F)F)CCN1C(=O)c1ccc(OC)c(Cl)c1. The normalized spacial score (nSPS) is 16.4. The Kier molecular flexibility index (Phi) is 8.06. The number of hydrogen-bond acceptors (Lipinski definition) is 5. The number of ether oxygens (including phenoxy) is 1. The highest BCUT2D eigenvalue weighted by Gasteiger charge is 2.36. The molecule has 0 radical (unpaired) electrons. The van der Waals surface area contributed by atoms with Gasteiger partial charge in [0.05, 0.1) is 40.7 Å². The smallest absolute Gasteiger partial charge is 0.417 e. The molecule has 1 unspecified atom stereocenters. The summed E-state index contributed by atoms with van der Waals surface area (Å²) in [7, 11) is 4.58. The standard InChI is InChI=1S/C24H24ClF3N4O3/c1-29-13-19-21(30-2)18(31-22(33)15-6-4-5-7-16(15)24(26,27)28)10-11-32(19)23(34)14-8-9-20(35-3)17(25)12-14/h4-9,12-13,18,30H,10-11H2,1-3H3,(H,31,33). The lowest BCUT2D eigenvalue weighted by molar-refractivity contribution is -0.137. The fourth-order valence-electron chi connectivity index (χ4n) is 3.89. The van der Waals surface area contributed by atoms with E-state index in [0.29, 0.717) is 22.7 Å². The second-order valence-corrected chi connectivity index (χ2v) is 8.01. The minimum atomic E-state index is -4.68. The van der Waals surface area contributed by atoms with Gasteiger partial charge in [0.1, 0.15) is 5.75 Å². The minimum Gasteiger partial charge on any atom is -0.495 e. The molecule has 2 aromatic rings. The van der Waals surface area contributed by atoms with Crippen LogP contribution in [0.15, 0.2) is 58.9 Å². The van der Waals surface area contributed by atoms with Crippen LogP contribution in [0, 0.1) is 0 Å². The fourth-order valence-corrected chi connectivity index (χ4v) is 4.14. The van der Waals surface area contributed by atoms with Gasteiger partial charge in [0, 0.05) is 32.4 Å².